The third-order valence-corrected chi connectivity index (χ3v) is 4.64. The van der Waals surface area contributed by atoms with E-state index in [2.05, 4.69) is 20.8 Å². The van der Waals surface area contributed by atoms with E-state index in [1.807, 2.05) is 0 Å². The molecule has 1 saturated carbocycles. The molecule has 3 atom stereocenters. The SMILES string of the molecule is CC1CCC(C(C)C)C(OC(=O)C=Cc2ccc(O)c(O)c2)C1. The van der Waals surface area contributed by atoms with Crippen molar-refractivity contribution in [2.75, 3.05) is 0 Å². The van der Waals surface area contributed by atoms with E-state index in [1.165, 1.54) is 24.6 Å². The van der Waals surface area contributed by atoms with Crippen LogP contribution in [0.4, 0.5) is 0 Å². The molecule has 1 fully saturated rings. The van der Waals surface area contributed by atoms with Crippen LogP contribution in [0.2, 0.25) is 0 Å². The van der Waals surface area contributed by atoms with Crippen molar-refractivity contribution < 1.29 is 19.7 Å². The van der Waals surface area contributed by atoms with Crippen molar-refractivity contribution in [1.29, 1.82) is 0 Å². The third kappa shape index (κ3) is 4.75. The van der Waals surface area contributed by atoms with Gasteiger partial charge in [0.15, 0.2) is 11.5 Å². The number of hydrogen-bond acceptors (Lipinski definition) is 4. The van der Waals surface area contributed by atoms with E-state index in [4.69, 9.17) is 4.74 Å². The Morgan fingerprint density at radius 2 is 2.00 bits per heavy atom. The minimum absolute atomic E-state index is 0.0240. The van der Waals surface area contributed by atoms with Crippen LogP contribution in [-0.4, -0.2) is 22.3 Å². The average Bonchev–Trinajstić information content (AvgIpc) is 2.48. The molecule has 1 aromatic carbocycles. The molecule has 23 heavy (non-hydrogen) atoms. The van der Waals surface area contributed by atoms with E-state index in [0.717, 1.165) is 12.8 Å². The molecule has 0 saturated heterocycles. The molecule has 0 amide bonds. The second-order valence-electron chi connectivity index (χ2n) is 6.88. The van der Waals surface area contributed by atoms with Crippen molar-refractivity contribution in [3.05, 3.63) is 29.8 Å². The average molecular weight is 318 g/mol. The van der Waals surface area contributed by atoms with Crippen LogP contribution in [0, 0.1) is 17.8 Å². The summed E-state index contributed by atoms with van der Waals surface area (Å²) in [6, 6.07) is 4.41. The molecule has 3 unspecified atom stereocenters. The molecular formula is C19H26O4. The Hall–Kier alpha value is -1.97. The first kappa shape index (κ1) is 17.4. The van der Waals surface area contributed by atoms with Gasteiger partial charge in [-0.1, -0.05) is 33.3 Å². The van der Waals surface area contributed by atoms with Crippen LogP contribution in [0.1, 0.15) is 45.6 Å². The zero-order valence-electron chi connectivity index (χ0n) is 14.0. The van der Waals surface area contributed by atoms with E-state index >= 15 is 0 Å². The van der Waals surface area contributed by atoms with Gasteiger partial charge in [0.05, 0.1) is 0 Å². The lowest BCUT2D eigenvalue weighted by Gasteiger charge is -2.36. The normalized spacial score (nSPS) is 25.0. The monoisotopic (exact) mass is 318 g/mol. The highest BCUT2D eigenvalue weighted by molar-refractivity contribution is 5.87. The molecule has 0 bridgehead atoms. The fourth-order valence-corrected chi connectivity index (χ4v) is 3.25. The second-order valence-corrected chi connectivity index (χ2v) is 6.88. The van der Waals surface area contributed by atoms with E-state index in [0.29, 0.717) is 23.3 Å². The maximum Gasteiger partial charge on any atom is 0.331 e. The van der Waals surface area contributed by atoms with Crippen LogP contribution >= 0.6 is 0 Å². The van der Waals surface area contributed by atoms with Crippen molar-refractivity contribution in [3.8, 4) is 11.5 Å². The van der Waals surface area contributed by atoms with Gasteiger partial charge >= 0.3 is 5.97 Å². The van der Waals surface area contributed by atoms with Crippen molar-refractivity contribution >= 4 is 12.0 Å². The maximum absolute atomic E-state index is 12.1. The van der Waals surface area contributed by atoms with Crippen LogP contribution in [0.3, 0.4) is 0 Å². The predicted octanol–water partition coefficient (Wildman–Crippen LogP) is 4.12. The molecule has 0 heterocycles. The number of aromatic hydroxyl groups is 2. The van der Waals surface area contributed by atoms with Crippen LogP contribution < -0.4 is 0 Å². The van der Waals surface area contributed by atoms with Crippen molar-refractivity contribution in [2.24, 2.45) is 17.8 Å². The number of phenolic OH excluding ortho intramolecular Hbond substituents is 2. The Labute approximate surface area is 137 Å². The highest BCUT2D eigenvalue weighted by Crippen LogP contribution is 2.35. The molecule has 126 valence electrons. The summed E-state index contributed by atoms with van der Waals surface area (Å²) < 4.78 is 5.67. The lowest BCUT2D eigenvalue weighted by Crippen LogP contribution is -2.35. The van der Waals surface area contributed by atoms with E-state index in [1.54, 1.807) is 12.1 Å². The van der Waals surface area contributed by atoms with Gasteiger partial charge in [0, 0.05) is 6.08 Å². The van der Waals surface area contributed by atoms with E-state index < -0.39 is 0 Å². The van der Waals surface area contributed by atoms with Crippen molar-refractivity contribution in [2.45, 2.75) is 46.1 Å². The molecule has 4 heteroatoms. The molecule has 1 aliphatic rings. The van der Waals surface area contributed by atoms with Crippen molar-refractivity contribution in [3.63, 3.8) is 0 Å². The van der Waals surface area contributed by atoms with Gasteiger partial charge in [0.2, 0.25) is 0 Å². The lowest BCUT2D eigenvalue weighted by atomic mass is 9.75. The topological polar surface area (TPSA) is 66.8 Å². The van der Waals surface area contributed by atoms with Gasteiger partial charge in [-0.05, 0) is 54.4 Å². The van der Waals surface area contributed by atoms with Gasteiger partial charge in [-0.15, -0.1) is 0 Å². The summed E-state index contributed by atoms with van der Waals surface area (Å²) in [6.45, 7) is 6.56. The number of carbonyl (C=O) groups is 1. The number of carbonyl (C=O) groups excluding carboxylic acids is 1. The second kappa shape index (κ2) is 7.53. The Balaban J connectivity index is 1.99. The molecule has 1 aromatic rings. The molecule has 0 radical (unpaired) electrons. The molecule has 2 rings (SSSR count). The summed E-state index contributed by atoms with van der Waals surface area (Å²) in [5, 5.41) is 18.7. The van der Waals surface area contributed by atoms with Crippen LogP contribution in [-0.2, 0) is 9.53 Å². The predicted molar refractivity (Wildman–Crippen MR) is 90.0 cm³/mol. The first-order valence-electron chi connectivity index (χ1n) is 8.27. The summed E-state index contributed by atoms with van der Waals surface area (Å²) in [6.07, 6.45) is 6.15. The summed E-state index contributed by atoms with van der Waals surface area (Å²) in [5.41, 5.74) is 0.634. The Morgan fingerprint density at radius 1 is 1.26 bits per heavy atom. The number of esters is 1. The Kier molecular flexibility index (Phi) is 5.69. The summed E-state index contributed by atoms with van der Waals surface area (Å²) in [7, 11) is 0. The highest BCUT2D eigenvalue weighted by Gasteiger charge is 2.32. The standard InChI is InChI=1S/C19H26O4/c1-12(2)15-7-4-13(3)10-18(15)23-19(22)9-6-14-5-8-16(20)17(21)11-14/h5-6,8-9,11-13,15,18,20-21H,4,7,10H2,1-3H3. The zero-order chi connectivity index (χ0) is 17.0. The molecule has 2 N–H and O–H groups in total. The van der Waals surface area contributed by atoms with Gasteiger partial charge in [0.1, 0.15) is 6.10 Å². The maximum atomic E-state index is 12.1. The van der Waals surface area contributed by atoms with Crippen LogP contribution in [0.15, 0.2) is 24.3 Å². The minimum atomic E-state index is -0.359. The van der Waals surface area contributed by atoms with Crippen LogP contribution in [0.5, 0.6) is 11.5 Å². The number of rotatable bonds is 4. The fraction of sp³-hybridized carbons (Fsp3) is 0.526. The zero-order valence-corrected chi connectivity index (χ0v) is 14.0. The molecule has 0 spiro atoms. The Morgan fingerprint density at radius 3 is 2.65 bits per heavy atom. The van der Waals surface area contributed by atoms with Gasteiger partial charge in [-0.25, -0.2) is 4.79 Å². The quantitative estimate of drug-likeness (QED) is 0.498. The van der Waals surface area contributed by atoms with Gasteiger partial charge in [0.25, 0.3) is 0 Å². The molecule has 0 aliphatic heterocycles. The number of ether oxygens (including phenoxy) is 1. The first-order valence-corrected chi connectivity index (χ1v) is 8.27. The summed E-state index contributed by atoms with van der Waals surface area (Å²) >= 11 is 0. The van der Waals surface area contributed by atoms with Gasteiger partial charge in [-0.2, -0.15) is 0 Å². The smallest absolute Gasteiger partial charge is 0.331 e. The third-order valence-electron chi connectivity index (χ3n) is 4.64. The number of hydrogen-bond donors (Lipinski definition) is 2. The number of benzene rings is 1. The highest BCUT2D eigenvalue weighted by atomic mass is 16.5. The first-order chi connectivity index (χ1) is 10.9. The van der Waals surface area contributed by atoms with E-state index in [9.17, 15) is 15.0 Å². The molecule has 4 nitrogen and oxygen atoms in total. The van der Waals surface area contributed by atoms with Crippen LogP contribution in [0.25, 0.3) is 6.08 Å². The Bertz CT molecular complexity index is 577. The summed E-state index contributed by atoms with van der Waals surface area (Å²) in [4.78, 5) is 12.1. The fourth-order valence-electron chi connectivity index (χ4n) is 3.25. The molecule has 0 aromatic heterocycles. The molecule has 1 aliphatic carbocycles. The summed E-state index contributed by atoms with van der Waals surface area (Å²) in [5.74, 6) is 0.755. The van der Waals surface area contributed by atoms with Gasteiger partial charge < -0.3 is 14.9 Å². The van der Waals surface area contributed by atoms with Gasteiger partial charge in [-0.3, -0.25) is 0 Å². The minimum Gasteiger partial charge on any atom is -0.504 e. The van der Waals surface area contributed by atoms with E-state index in [-0.39, 0.29) is 23.6 Å². The molecular weight excluding hydrogens is 292 g/mol. The lowest BCUT2D eigenvalue weighted by molar-refractivity contribution is -0.149. The van der Waals surface area contributed by atoms with Crippen molar-refractivity contribution in [1.82, 2.24) is 0 Å². The largest absolute Gasteiger partial charge is 0.504 e. The number of phenols is 2.